The summed E-state index contributed by atoms with van der Waals surface area (Å²) >= 11 is 0. The first-order chi connectivity index (χ1) is 28.3. The molecule has 11 rings (SSSR count). The third-order valence-electron chi connectivity index (χ3n) is 12.0. The molecule has 0 radical (unpaired) electrons. The van der Waals surface area contributed by atoms with Crippen molar-refractivity contribution < 1.29 is 4.42 Å². The van der Waals surface area contributed by atoms with E-state index in [4.69, 9.17) is 4.42 Å². The number of aryl methyl sites for hydroxylation is 1. The van der Waals surface area contributed by atoms with Gasteiger partial charge in [-0.25, -0.2) is 0 Å². The van der Waals surface area contributed by atoms with Crippen LogP contribution in [0.1, 0.15) is 40.0 Å². The molecule has 0 unspecified atom stereocenters. The summed E-state index contributed by atoms with van der Waals surface area (Å²) in [5.74, 6) is 1.09. The fraction of sp³-hybridized carbons (Fsp3) is 0.0545. The molecule has 2 aliphatic rings. The Kier molecular flexibility index (Phi) is 7.89. The molecular formula is C55H39NO. The number of hydrogen-bond acceptors (Lipinski definition) is 2. The molecule has 2 aliphatic carbocycles. The van der Waals surface area contributed by atoms with Crippen LogP contribution in [-0.4, -0.2) is 0 Å². The van der Waals surface area contributed by atoms with Crippen molar-refractivity contribution in [3.05, 3.63) is 240 Å². The quantitative estimate of drug-likeness (QED) is 0.162. The highest BCUT2D eigenvalue weighted by atomic mass is 16.3. The van der Waals surface area contributed by atoms with Crippen molar-refractivity contribution in [2.75, 3.05) is 4.90 Å². The first-order valence-corrected chi connectivity index (χ1v) is 19.9. The second-order valence-corrected chi connectivity index (χ2v) is 15.1. The number of para-hydroxylation sites is 1. The molecule has 0 bridgehead atoms. The molecule has 9 aromatic rings. The van der Waals surface area contributed by atoms with Gasteiger partial charge in [0.05, 0.1) is 5.41 Å². The van der Waals surface area contributed by atoms with Gasteiger partial charge in [0.2, 0.25) is 0 Å². The lowest BCUT2D eigenvalue weighted by Gasteiger charge is -2.34. The third-order valence-corrected chi connectivity index (χ3v) is 12.0. The first-order valence-electron chi connectivity index (χ1n) is 19.9. The maximum atomic E-state index is 6.53. The van der Waals surface area contributed by atoms with Gasteiger partial charge in [-0.1, -0.05) is 176 Å². The summed E-state index contributed by atoms with van der Waals surface area (Å²) in [5.41, 5.74) is 17.3. The van der Waals surface area contributed by atoms with Crippen LogP contribution in [0.2, 0.25) is 0 Å². The van der Waals surface area contributed by atoms with Crippen molar-refractivity contribution in [2.24, 2.45) is 0 Å². The van der Waals surface area contributed by atoms with Gasteiger partial charge in [-0.2, -0.15) is 0 Å². The monoisotopic (exact) mass is 729 g/mol. The van der Waals surface area contributed by atoms with Gasteiger partial charge in [0, 0.05) is 40.0 Å². The Bertz CT molecular complexity index is 2880. The van der Waals surface area contributed by atoms with E-state index in [1.54, 1.807) is 0 Å². The average molecular weight is 730 g/mol. The number of allylic oxidation sites excluding steroid dienone is 1. The summed E-state index contributed by atoms with van der Waals surface area (Å²) in [6.07, 6.45) is 6.44. The zero-order valence-electron chi connectivity index (χ0n) is 31.5. The number of hydrogen-bond donors (Lipinski definition) is 0. The van der Waals surface area contributed by atoms with Crippen molar-refractivity contribution in [1.29, 1.82) is 0 Å². The molecule has 270 valence electrons. The maximum Gasteiger partial charge on any atom is 0.142 e. The highest BCUT2D eigenvalue weighted by molar-refractivity contribution is 5.99. The van der Waals surface area contributed by atoms with Crippen molar-refractivity contribution in [2.45, 2.75) is 18.3 Å². The van der Waals surface area contributed by atoms with Gasteiger partial charge < -0.3 is 9.32 Å². The van der Waals surface area contributed by atoms with Gasteiger partial charge in [-0.05, 0) is 92.9 Å². The molecule has 57 heavy (non-hydrogen) atoms. The second kappa shape index (κ2) is 13.5. The Morgan fingerprint density at radius 1 is 0.439 bits per heavy atom. The van der Waals surface area contributed by atoms with E-state index >= 15 is 0 Å². The number of fused-ring (bicyclic) bond motifs is 6. The fourth-order valence-corrected chi connectivity index (χ4v) is 9.45. The Morgan fingerprint density at radius 2 is 1.00 bits per heavy atom. The lowest BCUT2D eigenvalue weighted by Crippen LogP contribution is -2.28. The predicted octanol–water partition coefficient (Wildman–Crippen LogP) is 14.6. The van der Waals surface area contributed by atoms with Crippen molar-refractivity contribution in [3.63, 3.8) is 0 Å². The molecule has 2 nitrogen and oxygen atoms in total. The summed E-state index contributed by atoms with van der Waals surface area (Å²) in [6.45, 7) is 0. The fourth-order valence-electron chi connectivity index (χ4n) is 9.45. The van der Waals surface area contributed by atoms with Crippen molar-refractivity contribution in [3.8, 4) is 33.4 Å². The molecule has 1 heterocycles. The second-order valence-electron chi connectivity index (χ2n) is 15.1. The molecule has 0 spiro atoms. The standard InChI is InChI=1S/C55H39NO/c1-4-15-38(16-5-1)39-27-31-43(32-28-39)56(44-33-29-40(30-34-44)46-23-14-24-49-48-22-11-13-26-53(48)57-54(46)49)45-35-36-52-50(37-45)47-21-10-12-25-51(47)55(52,41-17-6-2-7-18-41)42-19-8-3-9-20-42/h1-12,14-25,27-37H,13,26H2. The number of rotatable bonds is 7. The minimum Gasteiger partial charge on any atom is -0.460 e. The number of nitrogens with zero attached hydrogens (tertiary/aromatic N) is 1. The molecular weight excluding hydrogens is 691 g/mol. The summed E-state index contributed by atoms with van der Waals surface area (Å²) in [5, 5.41) is 1.18. The van der Waals surface area contributed by atoms with Gasteiger partial charge in [-0.3, -0.25) is 0 Å². The van der Waals surface area contributed by atoms with E-state index in [0.717, 1.165) is 52.4 Å². The highest BCUT2D eigenvalue weighted by Crippen LogP contribution is 2.57. The summed E-state index contributed by atoms with van der Waals surface area (Å²) in [7, 11) is 0. The Hall–Kier alpha value is -7.16. The molecule has 0 saturated heterocycles. The smallest absolute Gasteiger partial charge is 0.142 e. The molecule has 0 N–H and O–H groups in total. The summed E-state index contributed by atoms with van der Waals surface area (Å²) < 4.78 is 6.53. The summed E-state index contributed by atoms with van der Waals surface area (Å²) in [4.78, 5) is 2.39. The SMILES string of the molecule is C1=Cc2c(oc3c(-c4ccc(N(c5ccc(-c6ccccc6)cc5)c5ccc6c(c5)-c5ccccc5C6(c5ccccc5)c5ccccc5)cc4)cccc23)CC1. The van der Waals surface area contributed by atoms with E-state index in [-0.39, 0.29) is 0 Å². The van der Waals surface area contributed by atoms with Crippen molar-refractivity contribution in [1.82, 2.24) is 0 Å². The van der Waals surface area contributed by atoms with Crippen LogP contribution in [0, 0.1) is 0 Å². The van der Waals surface area contributed by atoms with Gasteiger partial charge >= 0.3 is 0 Å². The van der Waals surface area contributed by atoms with Crippen LogP contribution in [-0.2, 0) is 11.8 Å². The zero-order valence-corrected chi connectivity index (χ0v) is 31.5. The molecule has 0 aliphatic heterocycles. The lowest BCUT2D eigenvalue weighted by atomic mass is 9.68. The van der Waals surface area contributed by atoms with E-state index in [2.05, 4.69) is 217 Å². The van der Waals surface area contributed by atoms with E-state index in [9.17, 15) is 0 Å². The zero-order chi connectivity index (χ0) is 37.8. The van der Waals surface area contributed by atoms with Crippen LogP contribution in [0.5, 0.6) is 0 Å². The topological polar surface area (TPSA) is 16.4 Å². The van der Waals surface area contributed by atoms with Crippen LogP contribution in [0.15, 0.2) is 211 Å². The van der Waals surface area contributed by atoms with Crippen molar-refractivity contribution >= 4 is 34.1 Å². The van der Waals surface area contributed by atoms with E-state index in [0.29, 0.717) is 0 Å². The molecule has 1 aromatic heterocycles. The van der Waals surface area contributed by atoms with Gasteiger partial charge in [0.1, 0.15) is 11.3 Å². The molecule has 0 fully saturated rings. The Labute approximate surface area is 333 Å². The minimum atomic E-state index is -0.446. The van der Waals surface area contributed by atoms with E-state index < -0.39 is 5.41 Å². The molecule has 0 atom stereocenters. The Morgan fingerprint density at radius 3 is 1.70 bits per heavy atom. The van der Waals surface area contributed by atoms with Gasteiger partial charge in [-0.15, -0.1) is 0 Å². The van der Waals surface area contributed by atoms with E-state index in [1.165, 1.54) is 55.5 Å². The van der Waals surface area contributed by atoms with Crippen LogP contribution < -0.4 is 4.90 Å². The molecule has 8 aromatic carbocycles. The maximum absolute atomic E-state index is 6.53. The first kappa shape index (κ1) is 33.2. The lowest BCUT2D eigenvalue weighted by molar-refractivity contribution is 0.547. The van der Waals surface area contributed by atoms with Gasteiger partial charge in [0.15, 0.2) is 0 Å². The molecule has 2 heteroatoms. The number of benzene rings is 8. The van der Waals surface area contributed by atoms with Gasteiger partial charge in [0.25, 0.3) is 0 Å². The molecule has 0 saturated carbocycles. The number of anilines is 3. The Balaban J connectivity index is 1.07. The van der Waals surface area contributed by atoms with Crippen LogP contribution >= 0.6 is 0 Å². The minimum absolute atomic E-state index is 0.446. The van der Waals surface area contributed by atoms with Crippen LogP contribution in [0.3, 0.4) is 0 Å². The summed E-state index contributed by atoms with van der Waals surface area (Å²) in [6, 6.07) is 73.1. The number of furan rings is 1. The van der Waals surface area contributed by atoms with Crippen LogP contribution in [0.25, 0.3) is 50.4 Å². The largest absolute Gasteiger partial charge is 0.460 e. The molecule has 0 amide bonds. The van der Waals surface area contributed by atoms with Crippen LogP contribution in [0.4, 0.5) is 17.1 Å². The average Bonchev–Trinajstić information content (AvgIpc) is 3.82. The highest BCUT2D eigenvalue weighted by Gasteiger charge is 2.46. The van der Waals surface area contributed by atoms with E-state index in [1.807, 2.05) is 0 Å². The predicted molar refractivity (Wildman–Crippen MR) is 236 cm³/mol. The third kappa shape index (κ3) is 5.33. The normalized spacial score (nSPS) is 13.5.